The molecule has 0 unspecified atom stereocenters. The molecule has 3 aromatic carbocycles. The van der Waals surface area contributed by atoms with Gasteiger partial charge in [0.15, 0.2) is 0 Å². The van der Waals surface area contributed by atoms with Crippen LogP contribution in [0.2, 0.25) is 0 Å². The number of amides is 1. The second kappa shape index (κ2) is 7.88. The van der Waals surface area contributed by atoms with Crippen molar-refractivity contribution in [2.75, 3.05) is 0 Å². The predicted octanol–water partition coefficient (Wildman–Crippen LogP) is 4.20. The van der Waals surface area contributed by atoms with Gasteiger partial charge < -0.3 is 0 Å². The van der Waals surface area contributed by atoms with E-state index in [1.807, 2.05) is 72.8 Å². The smallest absolute Gasteiger partial charge is 0.244 e. The van der Waals surface area contributed by atoms with Gasteiger partial charge in [-0.05, 0) is 28.0 Å². The van der Waals surface area contributed by atoms with Crippen LogP contribution in [0, 0.1) is 0 Å². The molecule has 3 aromatic rings. The molecule has 0 heterocycles. The summed E-state index contributed by atoms with van der Waals surface area (Å²) in [5.74, 6) is -0.130. The Morgan fingerprint density at radius 3 is 2.50 bits per heavy atom. The van der Waals surface area contributed by atoms with Crippen LogP contribution in [0.15, 0.2) is 84.0 Å². The Bertz CT molecular complexity index is 882. The van der Waals surface area contributed by atoms with Crippen LogP contribution in [0.3, 0.4) is 0 Å². The Balaban J connectivity index is 1.53. The molecule has 0 spiro atoms. The number of hydrazone groups is 1. The molecule has 1 amide bonds. The van der Waals surface area contributed by atoms with Crippen LogP contribution in [0.1, 0.15) is 11.1 Å². The number of carbonyl (C=O) groups is 1. The molecule has 0 saturated carbocycles. The fourth-order valence-corrected chi connectivity index (χ4v) is 2.44. The van der Waals surface area contributed by atoms with Crippen LogP contribution in [-0.2, 0) is 11.2 Å². The summed E-state index contributed by atoms with van der Waals surface area (Å²) in [6, 6.07) is 24.1. The van der Waals surface area contributed by atoms with E-state index in [0.717, 1.165) is 16.5 Å². The van der Waals surface area contributed by atoms with Gasteiger partial charge in [0.1, 0.15) is 0 Å². The molecule has 0 aromatic heterocycles. The normalized spacial score (nSPS) is 11.3. The van der Waals surface area contributed by atoms with Crippen molar-refractivity contribution in [3.05, 3.63) is 90.0 Å². The van der Waals surface area contributed by atoms with Gasteiger partial charge >= 0.3 is 0 Å². The fourth-order valence-electron chi connectivity index (χ4n) is 2.44. The summed E-state index contributed by atoms with van der Waals surface area (Å²) in [6.45, 7) is 0. The molecule has 1 N–H and O–H groups in total. The Morgan fingerprint density at radius 2 is 1.67 bits per heavy atom. The minimum absolute atomic E-state index is 0.130. The van der Waals surface area contributed by atoms with Crippen LogP contribution in [0.4, 0.5) is 0 Å². The zero-order valence-corrected chi connectivity index (χ0v) is 13.2. The molecule has 0 saturated heterocycles. The molecule has 0 fully saturated rings. The predicted molar refractivity (Wildman–Crippen MR) is 99.8 cm³/mol. The van der Waals surface area contributed by atoms with E-state index in [1.165, 1.54) is 5.39 Å². The van der Waals surface area contributed by atoms with E-state index in [4.69, 9.17) is 0 Å². The number of hydrogen-bond acceptors (Lipinski definition) is 2. The SMILES string of the molecule is O=C(Cc1ccc2ccccc2c1)NN=C/C=C\c1ccccc1. The van der Waals surface area contributed by atoms with E-state index < -0.39 is 0 Å². The molecule has 0 aliphatic rings. The molecule has 0 bridgehead atoms. The van der Waals surface area contributed by atoms with Crippen LogP contribution < -0.4 is 5.43 Å². The van der Waals surface area contributed by atoms with Gasteiger partial charge in [-0.25, -0.2) is 5.43 Å². The van der Waals surface area contributed by atoms with E-state index >= 15 is 0 Å². The number of nitrogens with one attached hydrogen (secondary N) is 1. The standard InChI is InChI=1S/C21H18N2O/c24-21(23-22-14-6-9-17-7-2-1-3-8-17)16-18-12-13-19-10-4-5-11-20(19)15-18/h1-15H,16H2,(H,23,24)/b9-6-,22-14?. The summed E-state index contributed by atoms with van der Waals surface area (Å²) in [5.41, 5.74) is 4.61. The number of fused-ring (bicyclic) bond motifs is 1. The first-order valence-corrected chi connectivity index (χ1v) is 7.82. The highest BCUT2D eigenvalue weighted by Crippen LogP contribution is 2.15. The maximum Gasteiger partial charge on any atom is 0.244 e. The van der Waals surface area contributed by atoms with Crippen molar-refractivity contribution in [1.29, 1.82) is 0 Å². The number of nitrogens with zero attached hydrogens (tertiary/aromatic N) is 1. The van der Waals surface area contributed by atoms with Gasteiger partial charge in [0.2, 0.25) is 5.91 Å². The quantitative estimate of drug-likeness (QED) is 0.556. The summed E-state index contributed by atoms with van der Waals surface area (Å²) in [7, 11) is 0. The van der Waals surface area contributed by atoms with Gasteiger partial charge in [0.25, 0.3) is 0 Å². The second-order valence-electron chi connectivity index (χ2n) is 5.44. The zero-order valence-electron chi connectivity index (χ0n) is 13.2. The number of benzene rings is 3. The topological polar surface area (TPSA) is 41.5 Å². The molecular formula is C21H18N2O. The number of carbonyl (C=O) groups excluding carboxylic acids is 1. The molecule has 24 heavy (non-hydrogen) atoms. The van der Waals surface area contributed by atoms with Crippen molar-refractivity contribution >= 4 is 29.0 Å². The van der Waals surface area contributed by atoms with E-state index in [0.29, 0.717) is 6.42 Å². The average molecular weight is 314 g/mol. The van der Waals surface area contributed by atoms with Gasteiger partial charge in [-0.1, -0.05) is 78.9 Å². The lowest BCUT2D eigenvalue weighted by molar-refractivity contribution is -0.120. The van der Waals surface area contributed by atoms with Gasteiger partial charge in [-0.3, -0.25) is 4.79 Å². The van der Waals surface area contributed by atoms with E-state index in [2.05, 4.69) is 16.6 Å². The second-order valence-corrected chi connectivity index (χ2v) is 5.44. The summed E-state index contributed by atoms with van der Waals surface area (Å²) < 4.78 is 0. The van der Waals surface area contributed by atoms with Crippen LogP contribution in [0.5, 0.6) is 0 Å². The van der Waals surface area contributed by atoms with Gasteiger partial charge in [-0.2, -0.15) is 5.10 Å². The van der Waals surface area contributed by atoms with E-state index in [9.17, 15) is 4.79 Å². The van der Waals surface area contributed by atoms with E-state index in [-0.39, 0.29) is 5.91 Å². The van der Waals surface area contributed by atoms with Gasteiger partial charge in [0.05, 0.1) is 6.42 Å². The molecule has 0 atom stereocenters. The maximum absolute atomic E-state index is 11.9. The van der Waals surface area contributed by atoms with Gasteiger partial charge in [-0.15, -0.1) is 0 Å². The highest BCUT2D eigenvalue weighted by molar-refractivity contribution is 5.86. The van der Waals surface area contributed by atoms with Crippen LogP contribution in [0.25, 0.3) is 16.8 Å². The number of allylic oxidation sites excluding steroid dienone is 1. The Labute approximate surface area is 141 Å². The maximum atomic E-state index is 11.9. The lowest BCUT2D eigenvalue weighted by atomic mass is 10.1. The fraction of sp³-hybridized carbons (Fsp3) is 0.0476. The molecule has 3 nitrogen and oxygen atoms in total. The first kappa shape index (κ1) is 15.7. The number of rotatable bonds is 5. The highest BCUT2D eigenvalue weighted by atomic mass is 16.2. The van der Waals surface area contributed by atoms with E-state index in [1.54, 1.807) is 12.3 Å². The summed E-state index contributed by atoms with van der Waals surface area (Å²) >= 11 is 0. The van der Waals surface area contributed by atoms with Gasteiger partial charge in [0, 0.05) is 6.21 Å². The first-order valence-electron chi connectivity index (χ1n) is 7.82. The minimum Gasteiger partial charge on any atom is -0.273 e. The molecule has 3 rings (SSSR count). The third kappa shape index (κ3) is 4.40. The molecule has 3 heteroatoms. The summed E-state index contributed by atoms with van der Waals surface area (Å²) in [6.07, 6.45) is 5.61. The van der Waals surface area contributed by atoms with Crippen LogP contribution >= 0.6 is 0 Å². The van der Waals surface area contributed by atoms with Crippen molar-refractivity contribution in [1.82, 2.24) is 5.43 Å². The summed E-state index contributed by atoms with van der Waals surface area (Å²) in [5, 5.41) is 6.24. The molecular weight excluding hydrogens is 296 g/mol. The van der Waals surface area contributed by atoms with Crippen molar-refractivity contribution < 1.29 is 4.79 Å². The largest absolute Gasteiger partial charge is 0.273 e. The Morgan fingerprint density at radius 1 is 0.917 bits per heavy atom. The van der Waals surface area contributed by atoms with Crippen molar-refractivity contribution in [2.24, 2.45) is 5.10 Å². The number of hydrogen-bond donors (Lipinski definition) is 1. The zero-order chi connectivity index (χ0) is 16.6. The molecule has 118 valence electrons. The van der Waals surface area contributed by atoms with Crippen LogP contribution in [-0.4, -0.2) is 12.1 Å². The Kier molecular flexibility index (Phi) is 5.15. The third-order valence-corrected chi connectivity index (χ3v) is 3.62. The average Bonchev–Trinajstić information content (AvgIpc) is 2.62. The lowest BCUT2D eigenvalue weighted by Crippen LogP contribution is -2.19. The van der Waals surface area contributed by atoms with Crippen molar-refractivity contribution in [3.63, 3.8) is 0 Å². The lowest BCUT2D eigenvalue weighted by Gasteiger charge is -2.03. The minimum atomic E-state index is -0.130. The van der Waals surface area contributed by atoms with Crippen molar-refractivity contribution in [3.8, 4) is 0 Å². The summed E-state index contributed by atoms with van der Waals surface area (Å²) in [4.78, 5) is 11.9. The Hall–Kier alpha value is -3.20. The van der Waals surface area contributed by atoms with Crippen molar-refractivity contribution in [2.45, 2.75) is 6.42 Å². The third-order valence-electron chi connectivity index (χ3n) is 3.62. The molecule has 0 aliphatic carbocycles. The molecule has 0 radical (unpaired) electrons. The molecule has 0 aliphatic heterocycles. The first-order chi connectivity index (χ1) is 11.8. The highest BCUT2D eigenvalue weighted by Gasteiger charge is 2.02. The monoisotopic (exact) mass is 314 g/mol.